The molecule has 26 heavy (non-hydrogen) atoms. The summed E-state index contributed by atoms with van der Waals surface area (Å²) in [6.45, 7) is 0. The number of carbonyl (C=O) groups is 1. The van der Waals surface area contributed by atoms with E-state index in [-0.39, 0.29) is 5.78 Å². The third-order valence-corrected chi connectivity index (χ3v) is 5.38. The summed E-state index contributed by atoms with van der Waals surface area (Å²) in [5, 5.41) is 0. The number of halogens is 1. The van der Waals surface area contributed by atoms with Gasteiger partial charge in [0.25, 0.3) is 0 Å². The van der Waals surface area contributed by atoms with Crippen LogP contribution in [0.1, 0.15) is 15.9 Å². The Bertz CT molecular complexity index is 1140. The minimum Gasteiger partial charge on any atom is -0.455 e. The second-order valence-electron chi connectivity index (χ2n) is 6.23. The predicted octanol–water partition coefficient (Wildman–Crippen LogP) is 6.59. The molecule has 2 nitrogen and oxygen atoms in total. The fraction of sp³-hybridized carbons (Fsp3) is 0. The van der Waals surface area contributed by atoms with Gasteiger partial charge in [0, 0.05) is 32.3 Å². The molecule has 0 unspecified atom stereocenters. The molecule has 5 rings (SSSR count). The Morgan fingerprint density at radius 1 is 0.615 bits per heavy atom. The second kappa shape index (κ2) is 5.82. The van der Waals surface area contributed by atoms with Crippen molar-refractivity contribution in [3.8, 4) is 33.8 Å². The van der Waals surface area contributed by atoms with E-state index in [2.05, 4.69) is 15.9 Å². The molecule has 0 amide bonds. The molecule has 1 aliphatic carbocycles. The number of benzene rings is 3. The van der Waals surface area contributed by atoms with E-state index in [0.717, 1.165) is 38.1 Å². The Kier molecular flexibility index (Phi) is 3.44. The first-order valence-corrected chi connectivity index (χ1v) is 9.16. The van der Waals surface area contributed by atoms with Crippen LogP contribution in [0.4, 0.5) is 0 Å². The number of furan rings is 1. The Hall–Kier alpha value is -2.91. The van der Waals surface area contributed by atoms with E-state index < -0.39 is 0 Å². The van der Waals surface area contributed by atoms with Gasteiger partial charge in [-0.2, -0.15) is 0 Å². The van der Waals surface area contributed by atoms with Crippen LogP contribution in [0.2, 0.25) is 0 Å². The largest absolute Gasteiger partial charge is 0.455 e. The maximum absolute atomic E-state index is 13.2. The van der Waals surface area contributed by atoms with Gasteiger partial charge in [-0.3, -0.25) is 4.79 Å². The highest BCUT2D eigenvalue weighted by molar-refractivity contribution is 9.10. The highest BCUT2D eigenvalue weighted by Gasteiger charge is 2.37. The number of fused-ring (bicyclic) bond motifs is 3. The van der Waals surface area contributed by atoms with E-state index in [4.69, 9.17) is 4.42 Å². The van der Waals surface area contributed by atoms with Crippen LogP contribution in [-0.2, 0) is 0 Å². The molecule has 4 aromatic rings. The van der Waals surface area contributed by atoms with Crippen molar-refractivity contribution >= 4 is 21.7 Å². The number of ketones is 1. The molecule has 0 aliphatic heterocycles. The molecule has 0 saturated heterocycles. The molecule has 0 radical (unpaired) electrons. The molecule has 0 bridgehead atoms. The second-order valence-corrected chi connectivity index (χ2v) is 7.09. The van der Waals surface area contributed by atoms with Crippen LogP contribution in [-0.4, -0.2) is 5.78 Å². The number of hydrogen-bond donors (Lipinski definition) is 0. The van der Waals surface area contributed by atoms with Gasteiger partial charge in [0.1, 0.15) is 11.5 Å². The summed E-state index contributed by atoms with van der Waals surface area (Å²) in [6.07, 6.45) is 0. The maximum atomic E-state index is 13.2. The molecular formula is C23H13BrO2. The molecule has 0 N–H and O–H groups in total. The van der Waals surface area contributed by atoms with Gasteiger partial charge >= 0.3 is 0 Å². The Labute approximate surface area is 159 Å². The SMILES string of the molecule is O=C1c2cccc(Br)c2-c2c(-c3ccccc3)oc(-c3ccccc3)c21. The van der Waals surface area contributed by atoms with Crippen LogP contribution in [0.5, 0.6) is 0 Å². The summed E-state index contributed by atoms with van der Waals surface area (Å²) < 4.78 is 7.20. The van der Waals surface area contributed by atoms with Crippen molar-refractivity contribution in [2.24, 2.45) is 0 Å². The Balaban J connectivity index is 1.89. The first-order chi connectivity index (χ1) is 12.8. The van der Waals surface area contributed by atoms with Gasteiger partial charge in [0.2, 0.25) is 0 Å². The highest BCUT2D eigenvalue weighted by Crippen LogP contribution is 2.51. The lowest BCUT2D eigenvalue weighted by Gasteiger charge is -2.05. The molecule has 0 fully saturated rings. The van der Waals surface area contributed by atoms with E-state index in [1.807, 2.05) is 78.9 Å². The number of carbonyl (C=O) groups excluding carboxylic acids is 1. The third kappa shape index (κ3) is 2.14. The molecule has 1 aromatic heterocycles. The fourth-order valence-corrected chi connectivity index (χ4v) is 4.14. The quantitative estimate of drug-likeness (QED) is 0.334. The first kappa shape index (κ1) is 15.4. The van der Waals surface area contributed by atoms with Gasteiger partial charge in [-0.05, 0) is 6.07 Å². The standard InChI is InChI=1S/C23H13BrO2/c24-17-13-7-12-16-18(17)19-20(21(16)25)23(15-10-5-2-6-11-15)26-22(19)14-8-3-1-4-9-14/h1-13H. The van der Waals surface area contributed by atoms with Crippen molar-refractivity contribution in [1.82, 2.24) is 0 Å². The summed E-state index contributed by atoms with van der Waals surface area (Å²) in [7, 11) is 0. The van der Waals surface area contributed by atoms with Crippen molar-refractivity contribution in [1.29, 1.82) is 0 Å². The molecule has 3 aromatic carbocycles. The molecule has 124 valence electrons. The van der Waals surface area contributed by atoms with Crippen LogP contribution in [0, 0.1) is 0 Å². The Morgan fingerprint density at radius 2 is 1.19 bits per heavy atom. The molecule has 1 heterocycles. The zero-order valence-electron chi connectivity index (χ0n) is 13.7. The fourth-order valence-electron chi connectivity index (χ4n) is 3.57. The van der Waals surface area contributed by atoms with Crippen LogP contribution in [0.25, 0.3) is 33.8 Å². The number of hydrogen-bond acceptors (Lipinski definition) is 2. The van der Waals surface area contributed by atoms with E-state index in [1.165, 1.54) is 0 Å². The van der Waals surface area contributed by atoms with Gasteiger partial charge in [-0.15, -0.1) is 0 Å². The average Bonchev–Trinajstić information content (AvgIpc) is 3.21. The number of rotatable bonds is 2. The maximum Gasteiger partial charge on any atom is 0.198 e. The van der Waals surface area contributed by atoms with Crippen LogP contribution in [0.15, 0.2) is 87.8 Å². The zero-order chi connectivity index (χ0) is 17.7. The summed E-state index contributed by atoms with van der Waals surface area (Å²) in [5.41, 5.74) is 5.02. The molecular weight excluding hydrogens is 388 g/mol. The summed E-state index contributed by atoms with van der Waals surface area (Å²) in [6, 6.07) is 25.5. The minimum absolute atomic E-state index is 0.0149. The van der Waals surface area contributed by atoms with E-state index in [0.29, 0.717) is 11.3 Å². The zero-order valence-corrected chi connectivity index (χ0v) is 15.3. The summed E-state index contributed by atoms with van der Waals surface area (Å²) in [4.78, 5) is 13.2. The van der Waals surface area contributed by atoms with Crippen molar-refractivity contribution in [3.63, 3.8) is 0 Å². The first-order valence-electron chi connectivity index (χ1n) is 8.37. The lowest BCUT2D eigenvalue weighted by atomic mass is 10.0. The van der Waals surface area contributed by atoms with Crippen molar-refractivity contribution in [2.45, 2.75) is 0 Å². The third-order valence-electron chi connectivity index (χ3n) is 4.72. The lowest BCUT2D eigenvalue weighted by molar-refractivity contribution is 0.104. The van der Waals surface area contributed by atoms with E-state index in [9.17, 15) is 4.79 Å². The molecule has 3 heteroatoms. The van der Waals surface area contributed by atoms with Crippen LogP contribution >= 0.6 is 15.9 Å². The van der Waals surface area contributed by atoms with Gasteiger partial charge in [-0.25, -0.2) is 0 Å². The van der Waals surface area contributed by atoms with Gasteiger partial charge in [0.05, 0.1) is 5.56 Å². The molecule has 0 atom stereocenters. The summed E-state index contributed by atoms with van der Waals surface area (Å²) >= 11 is 3.62. The van der Waals surface area contributed by atoms with Gasteiger partial charge < -0.3 is 4.42 Å². The van der Waals surface area contributed by atoms with Crippen LogP contribution in [0.3, 0.4) is 0 Å². The highest BCUT2D eigenvalue weighted by atomic mass is 79.9. The molecule has 0 spiro atoms. The van der Waals surface area contributed by atoms with Crippen molar-refractivity contribution in [2.75, 3.05) is 0 Å². The summed E-state index contributed by atoms with van der Waals surface area (Å²) in [5.74, 6) is 1.38. The van der Waals surface area contributed by atoms with Crippen molar-refractivity contribution in [3.05, 3.63) is 94.5 Å². The lowest BCUT2D eigenvalue weighted by Crippen LogP contribution is -1.96. The average molecular weight is 401 g/mol. The van der Waals surface area contributed by atoms with E-state index in [1.54, 1.807) is 0 Å². The normalized spacial score (nSPS) is 12.1. The van der Waals surface area contributed by atoms with Crippen LogP contribution < -0.4 is 0 Å². The van der Waals surface area contributed by atoms with Gasteiger partial charge in [-0.1, -0.05) is 88.7 Å². The monoisotopic (exact) mass is 400 g/mol. The minimum atomic E-state index is 0.0149. The van der Waals surface area contributed by atoms with Gasteiger partial charge in [0.15, 0.2) is 5.78 Å². The van der Waals surface area contributed by atoms with Crippen molar-refractivity contribution < 1.29 is 9.21 Å². The predicted molar refractivity (Wildman–Crippen MR) is 106 cm³/mol. The smallest absolute Gasteiger partial charge is 0.198 e. The molecule has 0 saturated carbocycles. The molecule has 1 aliphatic rings. The van der Waals surface area contributed by atoms with E-state index >= 15 is 0 Å². The Morgan fingerprint density at radius 3 is 1.81 bits per heavy atom. The topological polar surface area (TPSA) is 30.2 Å².